The summed E-state index contributed by atoms with van der Waals surface area (Å²) in [6, 6.07) is 26.4. The lowest BCUT2D eigenvalue weighted by Crippen LogP contribution is -2.41. The van der Waals surface area contributed by atoms with Gasteiger partial charge >= 0.3 is 0 Å². The van der Waals surface area contributed by atoms with Gasteiger partial charge in [-0.2, -0.15) is 0 Å². The van der Waals surface area contributed by atoms with Crippen molar-refractivity contribution < 1.29 is 9.59 Å². The number of benzene rings is 6. The van der Waals surface area contributed by atoms with E-state index in [1.165, 1.54) is 15.7 Å². The molecule has 0 atom stereocenters. The van der Waals surface area contributed by atoms with Gasteiger partial charge in [-0.15, -0.1) is 0 Å². The van der Waals surface area contributed by atoms with Crippen LogP contribution < -0.4 is 4.90 Å². The zero-order valence-corrected chi connectivity index (χ0v) is 18.3. The van der Waals surface area contributed by atoms with E-state index in [0.29, 0.717) is 16.8 Å². The number of hydrogen-bond donors (Lipinski definition) is 0. The third kappa shape index (κ3) is 2.19. The number of carbonyl (C=O) groups is 2. The molecule has 0 fully saturated rings. The van der Waals surface area contributed by atoms with Gasteiger partial charge in [-0.05, 0) is 74.8 Å². The summed E-state index contributed by atoms with van der Waals surface area (Å²) in [6.07, 6.45) is 0. The van der Waals surface area contributed by atoms with Crippen LogP contribution in [0.2, 0.25) is 0 Å². The number of aryl methyl sites for hydroxylation is 2. The zero-order valence-electron chi connectivity index (χ0n) is 18.3. The van der Waals surface area contributed by atoms with Crippen molar-refractivity contribution in [1.82, 2.24) is 0 Å². The van der Waals surface area contributed by atoms with Gasteiger partial charge in [0.05, 0.1) is 5.69 Å². The molecular formula is C30H19NO2. The second kappa shape index (κ2) is 6.17. The van der Waals surface area contributed by atoms with Gasteiger partial charge in [0.15, 0.2) is 0 Å². The van der Waals surface area contributed by atoms with Crippen LogP contribution in [0.3, 0.4) is 0 Å². The van der Waals surface area contributed by atoms with Crippen LogP contribution in [0.1, 0.15) is 31.8 Å². The Kier molecular flexibility index (Phi) is 3.43. The molecule has 6 aromatic carbocycles. The maximum Gasteiger partial charge on any atom is 0.266 e. The van der Waals surface area contributed by atoms with E-state index in [1.807, 2.05) is 56.3 Å². The predicted octanol–water partition coefficient (Wildman–Crippen LogP) is 7.15. The quantitative estimate of drug-likeness (QED) is 0.159. The van der Waals surface area contributed by atoms with Crippen LogP contribution in [0.15, 0.2) is 78.9 Å². The summed E-state index contributed by atoms with van der Waals surface area (Å²) in [6.45, 7) is 3.88. The fraction of sp³-hybridized carbons (Fsp3) is 0.0667. The minimum atomic E-state index is -0.259. The first-order valence-electron chi connectivity index (χ1n) is 11.1. The molecule has 1 aliphatic heterocycles. The molecular weight excluding hydrogens is 406 g/mol. The van der Waals surface area contributed by atoms with E-state index in [9.17, 15) is 9.59 Å². The Morgan fingerprint density at radius 3 is 1.55 bits per heavy atom. The van der Waals surface area contributed by atoms with Crippen molar-refractivity contribution in [3.05, 3.63) is 101 Å². The number of fused-ring (bicyclic) bond motifs is 2. The monoisotopic (exact) mass is 425 g/mol. The summed E-state index contributed by atoms with van der Waals surface area (Å²) >= 11 is 0. The third-order valence-electron chi connectivity index (χ3n) is 7.18. The van der Waals surface area contributed by atoms with Gasteiger partial charge in [-0.25, -0.2) is 4.90 Å². The average Bonchev–Trinajstić information content (AvgIpc) is 2.83. The number of nitrogens with zero attached hydrogens (tertiary/aromatic N) is 1. The SMILES string of the molecule is Cc1cccc(C)c1N1C(=O)c2ccc3c4cccc5cccc(c6ccc(c2c36)C1=O)c54. The van der Waals surface area contributed by atoms with Gasteiger partial charge in [0, 0.05) is 16.5 Å². The van der Waals surface area contributed by atoms with Crippen molar-refractivity contribution in [3.63, 3.8) is 0 Å². The summed E-state index contributed by atoms with van der Waals surface area (Å²) in [7, 11) is 0. The normalized spacial score (nSPS) is 13.8. The molecule has 0 saturated carbocycles. The zero-order chi connectivity index (χ0) is 22.4. The molecule has 0 radical (unpaired) electrons. The highest BCUT2D eigenvalue weighted by Gasteiger charge is 2.36. The predicted molar refractivity (Wildman–Crippen MR) is 135 cm³/mol. The lowest BCUT2D eigenvalue weighted by atomic mass is 9.84. The highest BCUT2D eigenvalue weighted by atomic mass is 16.2. The van der Waals surface area contributed by atoms with Crippen molar-refractivity contribution in [2.75, 3.05) is 4.90 Å². The van der Waals surface area contributed by atoms with Crippen LogP contribution in [0, 0.1) is 13.8 Å². The van der Waals surface area contributed by atoms with Gasteiger partial charge in [-0.3, -0.25) is 9.59 Å². The van der Waals surface area contributed by atoms with E-state index < -0.39 is 0 Å². The number of amides is 2. The molecule has 156 valence electrons. The first kappa shape index (κ1) is 18.3. The molecule has 0 aliphatic carbocycles. The number of imide groups is 1. The Labute approximate surface area is 190 Å². The maximum atomic E-state index is 13.8. The van der Waals surface area contributed by atoms with Crippen molar-refractivity contribution in [2.24, 2.45) is 0 Å². The van der Waals surface area contributed by atoms with Crippen molar-refractivity contribution in [2.45, 2.75) is 13.8 Å². The molecule has 33 heavy (non-hydrogen) atoms. The molecule has 0 unspecified atom stereocenters. The van der Waals surface area contributed by atoms with Gasteiger partial charge in [0.25, 0.3) is 11.8 Å². The van der Waals surface area contributed by atoms with E-state index in [2.05, 4.69) is 36.4 Å². The Morgan fingerprint density at radius 2 is 1.00 bits per heavy atom. The molecule has 0 N–H and O–H groups in total. The molecule has 6 aromatic rings. The third-order valence-corrected chi connectivity index (χ3v) is 7.18. The molecule has 7 rings (SSSR count). The van der Waals surface area contributed by atoms with Crippen LogP contribution in [-0.2, 0) is 0 Å². The molecule has 1 heterocycles. The maximum absolute atomic E-state index is 13.8. The number of rotatable bonds is 1. The van der Waals surface area contributed by atoms with Crippen LogP contribution in [-0.4, -0.2) is 11.8 Å². The number of para-hydroxylation sites is 1. The summed E-state index contributed by atoms with van der Waals surface area (Å²) < 4.78 is 0. The Balaban J connectivity index is 1.64. The van der Waals surface area contributed by atoms with Gasteiger partial charge in [0.2, 0.25) is 0 Å². The summed E-state index contributed by atoms with van der Waals surface area (Å²) in [4.78, 5) is 28.9. The topological polar surface area (TPSA) is 37.4 Å². The molecule has 0 aromatic heterocycles. The molecule has 0 bridgehead atoms. The fourth-order valence-electron chi connectivity index (χ4n) is 5.79. The minimum Gasteiger partial charge on any atom is -0.268 e. The van der Waals surface area contributed by atoms with E-state index >= 15 is 0 Å². The molecule has 0 spiro atoms. The highest BCUT2D eigenvalue weighted by Crippen LogP contribution is 2.44. The van der Waals surface area contributed by atoms with Crippen LogP contribution >= 0.6 is 0 Å². The Morgan fingerprint density at radius 1 is 0.515 bits per heavy atom. The smallest absolute Gasteiger partial charge is 0.266 e. The van der Waals surface area contributed by atoms with E-state index in [1.54, 1.807) is 0 Å². The van der Waals surface area contributed by atoms with Crippen molar-refractivity contribution in [3.8, 4) is 0 Å². The van der Waals surface area contributed by atoms with Crippen LogP contribution in [0.25, 0.3) is 43.1 Å². The lowest BCUT2D eigenvalue weighted by molar-refractivity contribution is 0.0893. The summed E-state index contributed by atoms with van der Waals surface area (Å²) in [5, 5.41) is 8.64. The van der Waals surface area contributed by atoms with Gasteiger partial charge in [0.1, 0.15) is 0 Å². The molecule has 3 heteroatoms. The molecule has 2 amide bonds. The van der Waals surface area contributed by atoms with Gasteiger partial charge in [-0.1, -0.05) is 66.7 Å². The van der Waals surface area contributed by atoms with Crippen molar-refractivity contribution >= 4 is 60.6 Å². The van der Waals surface area contributed by atoms with Crippen LogP contribution in [0.4, 0.5) is 5.69 Å². The minimum absolute atomic E-state index is 0.259. The molecule has 0 saturated heterocycles. The average molecular weight is 425 g/mol. The first-order valence-corrected chi connectivity index (χ1v) is 11.1. The van der Waals surface area contributed by atoms with E-state index in [4.69, 9.17) is 0 Å². The number of hydrogen-bond acceptors (Lipinski definition) is 2. The Hall–Kier alpha value is -4.24. The second-order valence-corrected chi connectivity index (χ2v) is 8.97. The first-order chi connectivity index (χ1) is 16.1. The number of anilines is 1. The fourth-order valence-corrected chi connectivity index (χ4v) is 5.79. The summed E-state index contributed by atoms with van der Waals surface area (Å²) in [5.74, 6) is -0.517. The van der Waals surface area contributed by atoms with Crippen molar-refractivity contribution in [1.29, 1.82) is 0 Å². The highest BCUT2D eigenvalue weighted by molar-refractivity contribution is 6.42. The Bertz CT molecular complexity index is 1710. The standard InChI is InChI=1S/C30H19NO2/c1-16-6-3-7-17(2)28(16)31-29(32)23-14-12-21-19-10-4-8-18-9-5-11-20(25(18)19)22-13-15-24(30(31)33)27(23)26(21)22/h3-15H,1-2H3. The largest absolute Gasteiger partial charge is 0.268 e. The second-order valence-electron chi connectivity index (χ2n) is 8.97. The van der Waals surface area contributed by atoms with Crippen LogP contribution in [0.5, 0.6) is 0 Å². The number of carbonyl (C=O) groups excluding carboxylic acids is 2. The molecule has 1 aliphatic rings. The van der Waals surface area contributed by atoms with E-state index in [-0.39, 0.29) is 11.8 Å². The summed E-state index contributed by atoms with van der Waals surface area (Å²) in [5.41, 5.74) is 3.66. The molecule has 3 nitrogen and oxygen atoms in total. The van der Waals surface area contributed by atoms with Gasteiger partial charge < -0.3 is 0 Å². The lowest BCUT2D eigenvalue weighted by Gasteiger charge is -2.30. The van der Waals surface area contributed by atoms with E-state index in [0.717, 1.165) is 43.4 Å².